The van der Waals surface area contributed by atoms with Gasteiger partial charge in [-0.3, -0.25) is 9.59 Å². The van der Waals surface area contributed by atoms with E-state index in [1.54, 1.807) is 18.2 Å². The molecule has 2 N–H and O–H groups in total. The van der Waals surface area contributed by atoms with Gasteiger partial charge in [0.25, 0.3) is 5.91 Å². The van der Waals surface area contributed by atoms with Gasteiger partial charge >= 0.3 is 0 Å². The quantitative estimate of drug-likeness (QED) is 0.891. The molecule has 2 aromatic rings. The van der Waals surface area contributed by atoms with E-state index in [0.717, 1.165) is 5.56 Å². The van der Waals surface area contributed by atoms with Crippen LogP contribution in [0.5, 0.6) is 5.75 Å². The zero-order valence-electron chi connectivity index (χ0n) is 12.6. The van der Waals surface area contributed by atoms with Gasteiger partial charge in [0.05, 0.1) is 12.8 Å². The maximum absolute atomic E-state index is 12.2. The molecule has 0 unspecified atom stereocenters. The summed E-state index contributed by atoms with van der Waals surface area (Å²) in [6.07, 6.45) is 0. The summed E-state index contributed by atoms with van der Waals surface area (Å²) < 4.78 is 5.16. The van der Waals surface area contributed by atoms with Gasteiger partial charge in [-0.05, 0) is 23.8 Å². The predicted molar refractivity (Wildman–Crippen MR) is 84.9 cm³/mol. The summed E-state index contributed by atoms with van der Waals surface area (Å²) in [5.41, 5.74) is 1.95. The van der Waals surface area contributed by atoms with Gasteiger partial charge in [-0.1, -0.05) is 30.3 Å². The van der Waals surface area contributed by atoms with Gasteiger partial charge in [-0.15, -0.1) is 0 Å². The Morgan fingerprint density at radius 3 is 2.45 bits per heavy atom. The van der Waals surface area contributed by atoms with Crippen LogP contribution in [0.3, 0.4) is 0 Å². The fourth-order valence-electron chi connectivity index (χ4n) is 2.02. The molecule has 2 rings (SSSR count). The van der Waals surface area contributed by atoms with Gasteiger partial charge in [0, 0.05) is 19.0 Å². The van der Waals surface area contributed by atoms with Crippen LogP contribution in [0.2, 0.25) is 0 Å². The summed E-state index contributed by atoms with van der Waals surface area (Å²) in [5, 5.41) is 5.49. The first kappa shape index (κ1) is 15.6. The van der Waals surface area contributed by atoms with Crippen LogP contribution >= 0.6 is 0 Å². The minimum atomic E-state index is -0.222. The second kappa shape index (κ2) is 7.26. The number of ether oxygens (including phenoxy) is 1. The molecule has 0 radical (unpaired) electrons. The molecule has 0 saturated heterocycles. The van der Waals surface area contributed by atoms with E-state index in [1.807, 2.05) is 30.3 Å². The maximum Gasteiger partial charge on any atom is 0.251 e. The Kier molecular flexibility index (Phi) is 5.14. The summed E-state index contributed by atoms with van der Waals surface area (Å²) in [7, 11) is 1.51. The lowest BCUT2D eigenvalue weighted by molar-refractivity contribution is -0.114. The number of hydrogen-bond donors (Lipinski definition) is 2. The Hall–Kier alpha value is -2.82. The zero-order valence-corrected chi connectivity index (χ0v) is 12.6. The van der Waals surface area contributed by atoms with Crippen LogP contribution in [0.25, 0.3) is 0 Å². The molecule has 0 atom stereocenters. The molecular formula is C17H18N2O3. The summed E-state index contributed by atoms with van der Waals surface area (Å²) >= 11 is 0. The summed E-state index contributed by atoms with van der Waals surface area (Å²) in [5.74, 6) is 0.0769. The fraction of sp³-hybridized carbons (Fsp3) is 0.176. The van der Waals surface area contributed by atoms with Gasteiger partial charge in [0.1, 0.15) is 5.75 Å². The number of rotatable bonds is 5. The number of carbonyl (C=O) groups is 2. The molecule has 0 saturated carbocycles. The highest BCUT2D eigenvalue weighted by molar-refractivity contribution is 5.97. The zero-order chi connectivity index (χ0) is 15.9. The van der Waals surface area contributed by atoms with Gasteiger partial charge in [-0.2, -0.15) is 0 Å². The van der Waals surface area contributed by atoms with Crippen molar-refractivity contribution >= 4 is 17.5 Å². The average molecular weight is 298 g/mol. The number of nitrogens with one attached hydrogen (secondary N) is 2. The lowest BCUT2D eigenvalue weighted by atomic mass is 10.1. The number of amides is 2. The SMILES string of the molecule is COc1ccc(C(=O)NCc2ccccc2)cc1NC(C)=O. The van der Waals surface area contributed by atoms with E-state index in [4.69, 9.17) is 4.74 Å². The highest BCUT2D eigenvalue weighted by Crippen LogP contribution is 2.25. The highest BCUT2D eigenvalue weighted by atomic mass is 16.5. The number of carbonyl (C=O) groups excluding carboxylic acids is 2. The highest BCUT2D eigenvalue weighted by Gasteiger charge is 2.11. The minimum absolute atomic E-state index is 0.210. The molecule has 0 fully saturated rings. The smallest absolute Gasteiger partial charge is 0.251 e. The normalized spacial score (nSPS) is 9.91. The largest absolute Gasteiger partial charge is 0.495 e. The maximum atomic E-state index is 12.2. The van der Waals surface area contributed by atoms with Crippen molar-refractivity contribution < 1.29 is 14.3 Å². The van der Waals surface area contributed by atoms with Crippen LogP contribution < -0.4 is 15.4 Å². The molecule has 2 aromatic carbocycles. The fourth-order valence-corrected chi connectivity index (χ4v) is 2.02. The van der Waals surface area contributed by atoms with Gasteiger partial charge in [0.15, 0.2) is 0 Å². The van der Waals surface area contributed by atoms with Crippen LogP contribution in [0.15, 0.2) is 48.5 Å². The minimum Gasteiger partial charge on any atom is -0.495 e. The second-order valence-corrected chi connectivity index (χ2v) is 4.76. The van der Waals surface area contributed by atoms with Crippen LogP contribution in [0.4, 0.5) is 5.69 Å². The first-order valence-corrected chi connectivity index (χ1v) is 6.88. The van der Waals surface area contributed by atoms with Gasteiger partial charge in [-0.25, -0.2) is 0 Å². The molecule has 2 amide bonds. The molecule has 0 spiro atoms. The van der Waals surface area contributed by atoms with E-state index in [-0.39, 0.29) is 11.8 Å². The van der Waals surface area contributed by atoms with Crippen LogP contribution in [0.1, 0.15) is 22.8 Å². The Morgan fingerprint density at radius 2 is 1.82 bits per heavy atom. The third-order valence-electron chi connectivity index (χ3n) is 3.07. The van der Waals surface area contributed by atoms with Crippen molar-refractivity contribution in [3.63, 3.8) is 0 Å². The van der Waals surface area contributed by atoms with E-state index >= 15 is 0 Å². The lowest BCUT2D eigenvalue weighted by Gasteiger charge is -2.11. The van der Waals surface area contributed by atoms with Crippen molar-refractivity contribution in [2.45, 2.75) is 13.5 Å². The van der Waals surface area contributed by atoms with Crippen molar-refractivity contribution in [1.82, 2.24) is 5.32 Å². The number of anilines is 1. The van der Waals surface area contributed by atoms with Crippen molar-refractivity contribution in [2.75, 3.05) is 12.4 Å². The number of hydrogen-bond acceptors (Lipinski definition) is 3. The van der Waals surface area contributed by atoms with Crippen molar-refractivity contribution in [1.29, 1.82) is 0 Å². The number of methoxy groups -OCH3 is 1. The van der Waals surface area contributed by atoms with Crippen molar-refractivity contribution in [3.05, 3.63) is 59.7 Å². The standard InChI is InChI=1S/C17H18N2O3/c1-12(20)19-15-10-14(8-9-16(15)22-2)17(21)18-11-13-6-4-3-5-7-13/h3-10H,11H2,1-2H3,(H,18,21)(H,19,20). The van der Waals surface area contributed by atoms with E-state index in [9.17, 15) is 9.59 Å². The Bertz CT molecular complexity index is 669. The molecular weight excluding hydrogens is 280 g/mol. The van der Waals surface area contributed by atoms with Gasteiger partial charge in [0.2, 0.25) is 5.91 Å². The molecule has 0 bridgehead atoms. The second-order valence-electron chi connectivity index (χ2n) is 4.76. The molecule has 22 heavy (non-hydrogen) atoms. The van der Waals surface area contributed by atoms with Crippen LogP contribution in [-0.4, -0.2) is 18.9 Å². The summed E-state index contributed by atoms with van der Waals surface area (Å²) in [6, 6.07) is 14.6. The van der Waals surface area contributed by atoms with E-state index in [0.29, 0.717) is 23.5 Å². The third kappa shape index (κ3) is 4.09. The molecule has 0 aliphatic rings. The van der Waals surface area contributed by atoms with E-state index in [2.05, 4.69) is 10.6 Å². The van der Waals surface area contributed by atoms with Crippen LogP contribution in [-0.2, 0) is 11.3 Å². The molecule has 5 nitrogen and oxygen atoms in total. The summed E-state index contributed by atoms with van der Waals surface area (Å²) in [4.78, 5) is 23.4. The first-order valence-electron chi connectivity index (χ1n) is 6.88. The molecule has 5 heteroatoms. The Balaban J connectivity index is 2.10. The lowest BCUT2D eigenvalue weighted by Crippen LogP contribution is -2.23. The van der Waals surface area contributed by atoms with Crippen LogP contribution in [0, 0.1) is 0 Å². The predicted octanol–water partition coefficient (Wildman–Crippen LogP) is 2.58. The molecule has 0 aromatic heterocycles. The van der Waals surface area contributed by atoms with E-state index < -0.39 is 0 Å². The molecule has 0 heterocycles. The Morgan fingerprint density at radius 1 is 1.09 bits per heavy atom. The average Bonchev–Trinajstić information content (AvgIpc) is 2.53. The topological polar surface area (TPSA) is 67.4 Å². The molecule has 114 valence electrons. The first-order chi connectivity index (χ1) is 10.6. The number of benzene rings is 2. The summed E-state index contributed by atoms with van der Waals surface area (Å²) in [6.45, 7) is 1.85. The Labute approximate surface area is 129 Å². The van der Waals surface area contributed by atoms with Gasteiger partial charge < -0.3 is 15.4 Å². The van der Waals surface area contributed by atoms with Crippen molar-refractivity contribution in [3.8, 4) is 5.75 Å². The van der Waals surface area contributed by atoms with E-state index in [1.165, 1.54) is 14.0 Å². The third-order valence-corrected chi connectivity index (χ3v) is 3.07. The molecule has 0 aliphatic carbocycles. The monoisotopic (exact) mass is 298 g/mol. The van der Waals surface area contributed by atoms with Crippen molar-refractivity contribution in [2.24, 2.45) is 0 Å². The molecule has 0 aliphatic heterocycles.